The summed E-state index contributed by atoms with van der Waals surface area (Å²) in [7, 11) is -0.0887. The number of methoxy groups -OCH3 is 1. The first-order valence-corrected chi connectivity index (χ1v) is 6.14. The summed E-state index contributed by atoms with van der Waals surface area (Å²) in [5.74, 6) is 0.953. The van der Waals surface area contributed by atoms with Crippen LogP contribution in [0.15, 0.2) is 18.2 Å². The molecule has 0 atom stereocenters. The lowest BCUT2D eigenvalue weighted by Gasteiger charge is -2.20. The topological polar surface area (TPSA) is 68.2 Å². The highest BCUT2D eigenvalue weighted by Crippen LogP contribution is 2.16. The van der Waals surface area contributed by atoms with Crippen LogP contribution in [0.4, 0.5) is 0 Å². The quantitative estimate of drug-likeness (QED) is 0.583. The molecule has 0 aliphatic rings. The van der Waals surface area contributed by atoms with Crippen molar-refractivity contribution in [1.29, 1.82) is 0 Å². The fourth-order valence-electron chi connectivity index (χ4n) is 1.49. The monoisotopic (exact) mass is 268 g/mol. The molecule has 0 spiro atoms. The van der Waals surface area contributed by atoms with Gasteiger partial charge in [-0.3, -0.25) is 0 Å². The van der Waals surface area contributed by atoms with Crippen LogP contribution in [0.5, 0.6) is 11.5 Å². The average Bonchev–Trinajstić information content (AvgIpc) is 2.33. The van der Waals surface area contributed by atoms with Crippen molar-refractivity contribution < 1.29 is 24.3 Å². The van der Waals surface area contributed by atoms with Gasteiger partial charge in [0, 0.05) is 5.46 Å². The molecular weight excluding hydrogens is 247 g/mol. The van der Waals surface area contributed by atoms with E-state index in [9.17, 15) is 10.0 Å². The Morgan fingerprint density at radius 3 is 2.37 bits per heavy atom. The third kappa shape index (κ3) is 5.51. The molecule has 2 N–H and O–H groups in total. The average molecular weight is 268 g/mol. The molecule has 0 unspecified atom stereocenters. The van der Waals surface area contributed by atoms with Crippen LogP contribution in [-0.2, 0) is 4.74 Å². The fourth-order valence-corrected chi connectivity index (χ4v) is 1.49. The molecule has 0 aliphatic heterocycles. The minimum absolute atomic E-state index is 0.220. The Balaban J connectivity index is 2.62. The Kier molecular flexibility index (Phi) is 5.66. The molecule has 5 nitrogen and oxygen atoms in total. The van der Waals surface area contributed by atoms with Gasteiger partial charge in [0.15, 0.2) is 0 Å². The molecule has 0 saturated heterocycles. The molecule has 106 valence electrons. The molecule has 19 heavy (non-hydrogen) atoms. The molecular formula is C13H21BO5. The van der Waals surface area contributed by atoms with Crippen LogP contribution in [0.1, 0.15) is 20.8 Å². The van der Waals surface area contributed by atoms with Crippen LogP contribution in [0.25, 0.3) is 0 Å². The zero-order valence-electron chi connectivity index (χ0n) is 11.8. The van der Waals surface area contributed by atoms with Crippen LogP contribution < -0.4 is 14.9 Å². The lowest BCUT2D eigenvalue weighted by molar-refractivity contribution is -0.0162. The van der Waals surface area contributed by atoms with Gasteiger partial charge in [0.25, 0.3) is 0 Å². The highest BCUT2D eigenvalue weighted by atomic mass is 16.5. The highest BCUT2D eigenvalue weighted by Gasteiger charge is 2.18. The summed E-state index contributed by atoms with van der Waals surface area (Å²) in [5.41, 5.74) is 0.0536. The zero-order chi connectivity index (χ0) is 14.5. The van der Waals surface area contributed by atoms with Crippen molar-refractivity contribution in [3.8, 4) is 11.5 Å². The third-order valence-electron chi connectivity index (χ3n) is 2.37. The van der Waals surface area contributed by atoms with Crippen LogP contribution in [0.3, 0.4) is 0 Å². The van der Waals surface area contributed by atoms with Crippen LogP contribution >= 0.6 is 0 Å². The van der Waals surface area contributed by atoms with Crippen LogP contribution in [-0.4, -0.2) is 43.1 Å². The van der Waals surface area contributed by atoms with Crippen molar-refractivity contribution in [3.63, 3.8) is 0 Å². The summed E-state index contributed by atoms with van der Waals surface area (Å²) in [6.45, 7) is 6.65. The maximum absolute atomic E-state index is 9.30. The molecule has 0 heterocycles. The van der Waals surface area contributed by atoms with Gasteiger partial charge in [0.2, 0.25) is 0 Å². The molecule has 0 aromatic heterocycles. The summed E-state index contributed by atoms with van der Waals surface area (Å²) in [5, 5.41) is 18.6. The number of hydrogen-bond donors (Lipinski definition) is 2. The Hall–Kier alpha value is -1.24. The van der Waals surface area contributed by atoms with E-state index >= 15 is 0 Å². The first kappa shape index (κ1) is 15.8. The fraction of sp³-hybridized carbons (Fsp3) is 0.538. The molecule has 0 aliphatic carbocycles. The van der Waals surface area contributed by atoms with Gasteiger partial charge in [-0.05, 0) is 39.0 Å². The first-order valence-electron chi connectivity index (χ1n) is 6.14. The lowest BCUT2D eigenvalue weighted by Crippen LogP contribution is -2.32. The molecule has 6 heteroatoms. The van der Waals surface area contributed by atoms with Gasteiger partial charge in [-0.1, -0.05) is 0 Å². The Labute approximate surface area is 114 Å². The zero-order valence-corrected chi connectivity index (χ0v) is 11.8. The van der Waals surface area contributed by atoms with E-state index in [2.05, 4.69) is 0 Å². The second-order valence-corrected chi connectivity index (χ2v) is 5.09. The predicted octanol–water partition coefficient (Wildman–Crippen LogP) is 0.569. The van der Waals surface area contributed by atoms with E-state index in [1.165, 1.54) is 13.2 Å². The van der Waals surface area contributed by atoms with E-state index in [1.807, 2.05) is 20.8 Å². The molecule has 0 amide bonds. The van der Waals surface area contributed by atoms with Crippen molar-refractivity contribution >= 4 is 12.6 Å². The van der Waals surface area contributed by atoms with E-state index in [-0.39, 0.29) is 11.1 Å². The summed E-state index contributed by atoms with van der Waals surface area (Å²) in [6.07, 6.45) is 0. The summed E-state index contributed by atoms with van der Waals surface area (Å²) < 4.78 is 16.0. The standard InChI is InChI=1S/C13H21BO5/c1-13(2,3)19-8-7-18-12-6-5-10(17-4)9-11(12)14(15)16/h5-6,9,15-16H,7-8H2,1-4H3. The Bertz CT molecular complexity index is 401. The second kappa shape index (κ2) is 6.79. The smallest absolute Gasteiger partial charge is 0.492 e. The van der Waals surface area contributed by atoms with Crippen LogP contribution in [0, 0.1) is 0 Å². The van der Waals surface area contributed by atoms with Crippen molar-refractivity contribution in [3.05, 3.63) is 18.2 Å². The van der Waals surface area contributed by atoms with Gasteiger partial charge in [-0.25, -0.2) is 0 Å². The minimum atomic E-state index is -1.60. The number of benzene rings is 1. The molecule has 1 rings (SSSR count). The van der Waals surface area contributed by atoms with Gasteiger partial charge in [-0.15, -0.1) is 0 Å². The van der Waals surface area contributed by atoms with Crippen LogP contribution in [0.2, 0.25) is 0 Å². The summed E-state index contributed by atoms with van der Waals surface area (Å²) in [6, 6.07) is 4.88. The van der Waals surface area contributed by atoms with E-state index in [1.54, 1.807) is 12.1 Å². The van der Waals surface area contributed by atoms with Gasteiger partial charge < -0.3 is 24.3 Å². The Morgan fingerprint density at radius 1 is 1.16 bits per heavy atom. The van der Waals surface area contributed by atoms with Gasteiger partial charge in [-0.2, -0.15) is 0 Å². The first-order chi connectivity index (χ1) is 8.83. The molecule has 1 aromatic rings. The molecule has 1 aromatic carbocycles. The van der Waals surface area contributed by atoms with Gasteiger partial charge in [0.05, 0.1) is 19.3 Å². The molecule has 0 fully saturated rings. The normalized spacial score (nSPS) is 11.3. The number of rotatable bonds is 6. The van der Waals surface area contributed by atoms with E-state index in [4.69, 9.17) is 14.2 Å². The molecule has 0 bridgehead atoms. The Morgan fingerprint density at radius 2 is 1.84 bits per heavy atom. The third-order valence-corrected chi connectivity index (χ3v) is 2.37. The van der Waals surface area contributed by atoms with Crippen molar-refractivity contribution in [2.45, 2.75) is 26.4 Å². The van der Waals surface area contributed by atoms with Crippen molar-refractivity contribution in [2.75, 3.05) is 20.3 Å². The lowest BCUT2D eigenvalue weighted by atomic mass is 9.79. The summed E-state index contributed by atoms with van der Waals surface area (Å²) in [4.78, 5) is 0. The van der Waals surface area contributed by atoms with E-state index < -0.39 is 7.12 Å². The van der Waals surface area contributed by atoms with Gasteiger partial charge >= 0.3 is 7.12 Å². The highest BCUT2D eigenvalue weighted by molar-refractivity contribution is 6.59. The second-order valence-electron chi connectivity index (χ2n) is 5.09. The predicted molar refractivity (Wildman–Crippen MR) is 74.0 cm³/mol. The largest absolute Gasteiger partial charge is 0.497 e. The molecule has 0 radical (unpaired) electrons. The SMILES string of the molecule is COc1ccc(OCCOC(C)(C)C)c(B(O)O)c1. The van der Waals surface area contributed by atoms with Crippen molar-refractivity contribution in [1.82, 2.24) is 0 Å². The minimum Gasteiger partial charge on any atom is -0.497 e. The molecule has 0 saturated carbocycles. The van der Waals surface area contributed by atoms with Crippen molar-refractivity contribution in [2.24, 2.45) is 0 Å². The number of ether oxygens (including phenoxy) is 3. The maximum Gasteiger partial charge on any atom is 0.492 e. The van der Waals surface area contributed by atoms with E-state index in [0.717, 1.165) is 0 Å². The summed E-state index contributed by atoms with van der Waals surface area (Å²) >= 11 is 0. The van der Waals surface area contributed by atoms with E-state index in [0.29, 0.717) is 24.7 Å². The maximum atomic E-state index is 9.30. The van der Waals surface area contributed by atoms with Gasteiger partial charge in [0.1, 0.15) is 18.1 Å². The number of hydrogen-bond acceptors (Lipinski definition) is 5.